The Morgan fingerprint density at radius 2 is 2.21 bits per heavy atom. The van der Waals surface area contributed by atoms with Gasteiger partial charge in [0.15, 0.2) is 0 Å². The van der Waals surface area contributed by atoms with E-state index < -0.39 is 5.60 Å². The molecular weight excluding hydrogens is 249 g/mol. The molecule has 4 heteroatoms. The number of halogens is 2. The molecule has 0 aliphatic heterocycles. The van der Waals surface area contributed by atoms with Gasteiger partial charge in [-0.25, -0.2) is 4.39 Å². The number of hydrogen-bond acceptors (Lipinski definition) is 2. The number of nitrogens with two attached hydrogens (primary N) is 1. The van der Waals surface area contributed by atoms with Crippen LogP contribution in [0.4, 0.5) is 4.39 Å². The van der Waals surface area contributed by atoms with Gasteiger partial charge < -0.3 is 10.5 Å². The van der Waals surface area contributed by atoms with Gasteiger partial charge in [0, 0.05) is 18.1 Å². The number of ether oxygens (including phenoxy) is 1. The molecule has 78 valence electrons. The molecule has 2 nitrogen and oxygen atoms in total. The maximum atomic E-state index is 12.8. The summed E-state index contributed by atoms with van der Waals surface area (Å²) in [5.74, 6) is -0.281. The van der Waals surface area contributed by atoms with Gasteiger partial charge in [-0.2, -0.15) is 0 Å². The topological polar surface area (TPSA) is 35.2 Å². The summed E-state index contributed by atoms with van der Waals surface area (Å²) >= 11 is 3.29. The van der Waals surface area contributed by atoms with Gasteiger partial charge in [-0.1, -0.05) is 22.0 Å². The summed E-state index contributed by atoms with van der Waals surface area (Å²) in [4.78, 5) is 0. The summed E-state index contributed by atoms with van der Waals surface area (Å²) in [7, 11) is 1.59. The third-order valence-corrected chi connectivity index (χ3v) is 3.00. The summed E-state index contributed by atoms with van der Waals surface area (Å²) in [6.07, 6.45) is 0. The van der Waals surface area contributed by atoms with Crippen LogP contribution in [0.25, 0.3) is 0 Å². The Labute approximate surface area is 91.4 Å². The van der Waals surface area contributed by atoms with Gasteiger partial charge in [0.05, 0.1) is 0 Å². The molecule has 0 heterocycles. The van der Waals surface area contributed by atoms with Gasteiger partial charge in [0.25, 0.3) is 0 Å². The molecule has 0 aliphatic carbocycles. The molecule has 0 amide bonds. The fraction of sp³-hybridized carbons (Fsp3) is 0.400. The quantitative estimate of drug-likeness (QED) is 0.907. The van der Waals surface area contributed by atoms with Crippen molar-refractivity contribution in [1.82, 2.24) is 0 Å². The van der Waals surface area contributed by atoms with Crippen molar-refractivity contribution in [3.05, 3.63) is 34.1 Å². The first-order valence-corrected chi connectivity index (χ1v) is 5.03. The van der Waals surface area contributed by atoms with E-state index in [0.717, 1.165) is 5.56 Å². The number of rotatable bonds is 3. The number of benzene rings is 1. The van der Waals surface area contributed by atoms with E-state index >= 15 is 0 Å². The van der Waals surface area contributed by atoms with E-state index in [4.69, 9.17) is 10.5 Å². The molecule has 0 saturated carbocycles. The molecule has 1 rings (SSSR count). The molecule has 0 radical (unpaired) electrons. The lowest BCUT2D eigenvalue weighted by atomic mass is 9.96. The van der Waals surface area contributed by atoms with Crippen molar-refractivity contribution in [3.63, 3.8) is 0 Å². The zero-order valence-electron chi connectivity index (χ0n) is 8.18. The largest absolute Gasteiger partial charge is 0.372 e. The Hall–Kier alpha value is -0.450. The van der Waals surface area contributed by atoms with Crippen LogP contribution in [0.1, 0.15) is 12.5 Å². The van der Waals surface area contributed by atoms with E-state index in [2.05, 4.69) is 15.9 Å². The van der Waals surface area contributed by atoms with Crippen LogP contribution >= 0.6 is 15.9 Å². The second-order valence-electron chi connectivity index (χ2n) is 3.26. The predicted molar refractivity (Wildman–Crippen MR) is 57.5 cm³/mol. The highest BCUT2D eigenvalue weighted by atomic mass is 79.9. The lowest BCUT2D eigenvalue weighted by Gasteiger charge is -2.27. The second-order valence-corrected chi connectivity index (χ2v) is 4.12. The van der Waals surface area contributed by atoms with Gasteiger partial charge in [0.1, 0.15) is 11.4 Å². The Morgan fingerprint density at radius 3 is 2.64 bits per heavy atom. The summed E-state index contributed by atoms with van der Waals surface area (Å²) < 4.78 is 18.8. The summed E-state index contributed by atoms with van der Waals surface area (Å²) in [6.45, 7) is 2.21. The first-order chi connectivity index (χ1) is 6.53. The SMILES string of the molecule is COC(C)(CN)c1ccc(F)cc1Br. The van der Waals surface area contributed by atoms with Gasteiger partial charge in [-0.15, -0.1) is 0 Å². The van der Waals surface area contributed by atoms with Crippen molar-refractivity contribution in [2.24, 2.45) is 5.73 Å². The lowest BCUT2D eigenvalue weighted by Crippen LogP contribution is -2.34. The highest BCUT2D eigenvalue weighted by Crippen LogP contribution is 2.30. The molecule has 0 aromatic heterocycles. The standard InChI is InChI=1S/C10H13BrFNO/c1-10(6-13,14-2)8-4-3-7(12)5-9(8)11/h3-5H,6,13H2,1-2H3. The van der Waals surface area contributed by atoms with Crippen LogP contribution in [0.5, 0.6) is 0 Å². The molecule has 1 aromatic carbocycles. The second kappa shape index (κ2) is 4.38. The van der Waals surface area contributed by atoms with E-state index in [1.807, 2.05) is 6.92 Å². The highest BCUT2D eigenvalue weighted by molar-refractivity contribution is 9.10. The van der Waals surface area contributed by atoms with E-state index in [9.17, 15) is 4.39 Å². The lowest BCUT2D eigenvalue weighted by molar-refractivity contribution is 0.00942. The van der Waals surface area contributed by atoms with E-state index in [1.165, 1.54) is 12.1 Å². The maximum Gasteiger partial charge on any atom is 0.124 e. The minimum Gasteiger partial charge on any atom is -0.372 e. The Morgan fingerprint density at radius 1 is 1.57 bits per heavy atom. The zero-order valence-corrected chi connectivity index (χ0v) is 9.77. The van der Waals surface area contributed by atoms with Crippen molar-refractivity contribution in [2.75, 3.05) is 13.7 Å². The average Bonchev–Trinajstić information content (AvgIpc) is 2.17. The normalized spacial score (nSPS) is 15.2. The summed E-state index contributed by atoms with van der Waals surface area (Å²) in [6, 6.07) is 4.48. The van der Waals surface area contributed by atoms with Gasteiger partial charge in [0.2, 0.25) is 0 Å². The third-order valence-electron chi connectivity index (χ3n) is 2.34. The first-order valence-electron chi connectivity index (χ1n) is 4.24. The molecular formula is C10H13BrFNO. The minimum absolute atomic E-state index is 0.281. The van der Waals surface area contributed by atoms with E-state index in [1.54, 1.807) is 13.2 Å². The van der Waals surface area contributed by atoms with Crippen molar-refractivity contribution in [1.29, 1.82) is 0 Å². The minimum atomic E-state index is -0.577. The first kappa shape index (κ1) is 11.6. The molecule has 0 bridgehead atoms. The molecule has 0 spiro atoms. The third kappa shape index (κ3) is 2.13. The zero-order chi connectivity index (χ0) is 10.8. The van der Waals surface area contributed by atoms with Crippen molar-refractivity contribution >= 4 is 15.9 Å². The smallest absolute Gasteiger partial charge is 0.124 e. The van der Waals surface area contributed by atoms with Gasteiger partial charge in [-0.05, 0) is 24.6 Å². The molecule has 1 atom stereocenters. The molecule has 0 saturated heterocycles. The van der Waals surface area contributed by atoms with Crippen molar-refractivity contribution in [3.8, 4) is 0 Å². The van der Waals surface area contributed by atoms with E-state index in [0.29, 0.717) is 11.0 Å². The van der Waals surface area contributed by atoms with Crippen LogP contribution in [-0.4, -0.2) is 13.7 Å². The Balaban J connectivity index is 3.17. The van der Waals surface area contributed by atoms with Crippen LogP contribution in [0, 0.1) is 5.82 Å². The van der Waals surface area contributed by atoms with Gasteiger partial charge >= 0.3 is 0 Å². The average molecular weight is 262 g/mol. The maximum absolute atomic E-state index is 12.8. The molecule has 1 unspecified atom stereocenters. The van der Waals surface area contributed by atoms with Crippen LogP contribution in [0.15, 0.2) is 22.7 Å². The summed E-state index contributed by atoms with van der Waals surface area (Å²) in [5, 5.41) is 0. The van der Waals surface area contributed by atoms with Crippen molar-refractivity contribution < 1.29 is 9.13 Å². The van der Waals surface area contributed by atoms with Crippen LogP contribution in [-0.2, 0) is 10.3 Å². The molecule has 0 fully saturated rings. The molecule has 0 aliphatic rings. The predicted octanol–water partition coefficient (Wildman–Crippen LogP) is 2.41. The molecule has 1 aromatic rings. The number of hydrogen-bond donors (Lipinski definition) is 1. The van der Waals surface area contributed by atoms with E-state index in [-0.39, 0.29) is 5.82 Å². The molecule has 14 heavy (non-hydrogen) atoms. The molecule has 2 N–H and O–H groups in total. The van der Waals surface area contributed by atoms with Gasteiger partial charge in [-0.3, -0.25) is 0 Å². The number of methoxy groups -OCH3 is 1. The monoisotopic (exact) mass is 261 g/mol. The fourth-order valence-electron chi connectivity index (χ4n) is 1.22. The Kier molecular flexibility index (Phi) is 3.64. The fourth-order valence-corrected chi connectivity index (χ4v) is 1.99. The Bertz CT molecular complexity index is 326. The van der Waals surface area contributed by atoms with Crippen LogP contribution in [0.2, 0.25) is 0 Å². The highest BCUT2D eigenvalue weighted by Gasteiger charge is 2.26. The van der Waals surface area contributed by atoms with Crippen molar-refractivity contribution in [2.45, 2.75) is 12.5 Å². The van der Waals surface area contributed by atoms with Crippen LogP contribution < -0.4 is 5.73 Å². The summed E-state index contributed by atoms with van der Waals surface area (Å²) in [5.41, 5.74) is 5.89. The van der Waals surface area contributed by atoms with Crippen LogP contribution in [0.3, 0.4) is 0 Å².